The van der Waals surface area contributed by atoms with Gasteiger partial charge in [-0.1, -0.05) is 0 Å². The first-order valence-corrected chi connectivity index (χ1v) is 17.5. The molecule has 4 rings (SSSR count). The molecule has 0 saturated heterocycles. The number of nitrogens with one attached hydrogen (secondary N) is 4. The quantitative estimate of drug-likeness (QED) is 0.110. The van der Waals surface area contributed by atoms with E-state index in [1.54, 1.807) is 10.8 Å². The van der Waals surface area contributed by atoms with Crippen molar-refractivity contribution in [1.29, 1.82) is 0 Å². The van der Waals surface area contributed by atoms with Gasteiger partial charge in [0.25, 0.3) is 20.0 Å². The maximum absolute atomic E-state index is 12.1. The maximum Gasteiger partial charge on any atom is 0.303 e. The molecule has 0 unspecified atom stereocenters. The van der Waals surface area contributed by atoms with E-state index >= 15 is 0 Å². The lowest BCUT2D eigenvalue weighted by atomic mass is 10.2. The number of amides is 2. The van der Waals surface area contributed by atoms with Gasteiger partial charge in [0, 0.05) is 47.4 Å². The van der Waals surface area contributed by atoms with Crippen LogP contribution in [0.5, 0.6) is 0 Å². The van der Waals surface area contributed by atoms with E-state index in [-0.39, 0.29) is 45.7 Å². The Hall–Kier alpha value is -4.92. The zero-order valence-corrected chi connectivity index (χ0v) is 26.7. The number of thiazole rings is 2. The average Bonchev–Trinajstić information content (AvgIpc) is 3.70. The van der Waals surface area contributed by atoms with Crippen LogP contribution in [-0.2, 0) is 39.2 Å². The fourth-order valence-corrected chi connectivity index (χ4v) is 6.80. The number of hydrogen-bond donors (Lipinski definition) is 6. The number of anilines is 4. The number of aliphatic carboxylic acids is 2. The third-order valence-corrected chi connectivity index (χ3v) is 9.68. The van der Waals surface area contributed by atoms with Gasteiger partial charge in [-0.2, -0.15) is 0 Å². The van der Waals surface area contributed by atoms with Crippen molar-refractivity contribution in [3.63, 3.8) is 0 Å². The van der Waals surface area contributed by atoms with E-state index in [2.05, 4.69) is 30.0 Å². The fourth-order valence-electron chi connectivity index (χ4n) is 3.22. The highest BCUT2D eigenvalue weighted by Crippen LogP contribution is 2.21. The summed E-state index contributed by atoms with van der Waals surface area (Å²) in [5.74, 6) is -3.03. The van der Waals surface area contributed by atoms with Gasteiger partial charge in [0.15, 0.2) is 10.3 Å². The minimum Gasteiger partial charge on any atom is -0.481 e. The second-order valence-corrected chi connectivity index (χ2v) is 14.0. The first-order valence-electron chi connectivity index (χ1n) is 12.8. The van der Waals surface area contributed by atoms with Gasteiger partial charge < -0.3 is 20.8 Å². The van der Waals surface area contributed by atoms with Crippen molar-refractivity contribution in [2.75, 3.05) is 20.1 Å². The number of rotatable bonds is 14. The maximum atomic E-state index is 12.1. The lowest BCUT2D eigenvalue weighted by molar-refractivity contribution is -0.138. The molecular weight excluding hydrogens is 685 g/mol. The Labute approximate surface area is 270 Å². The molecule has 16 nitrogen and oxygen atoms in total. The Bertz CT molecular complexity index is 1710. The molecule has 0 saturated carbocycles. The normalized spacial score (nSPS) is 11.0. The van der Waals surface area contributed by atoms with Gasteiger partial charge in [0.1, 0.15) is 0 Å². The topological polar surface area (TPSA) is 251 Å². The molecule has 46 heavy (non-hydrogen) atoms. The largest absolute Gasteiger partial charge is 0.481 e. The first kappa shape index (κ1) is 35.6. The van der Waals surface area contributed by atoms with Crippen LogP contribution in [0.3, 0.4) is 0 Å². The standard InChI is InChI=1S/2C13H13N3O5S2/c2*17-11(5-6-12(18)19)15-9-1-3-10(4-2-9)23(20,21)16-13-14-7-8-22-13/h2*1-4,7-8H,5-6H2,(H,14,16)(H,15,17)(H,18,19). The van der Waals surface area contributed by atoms with Crippen LogP contribution < -0.4 is 20.1 Å². The van der Waals surface area contributed by atoms with Crippen molar-refractivity contribution < 1.29 is 46.2 Å². The smallest absolute Gasteiger partial charge is 0.303 e. The molecule has 0 fully saturated rings. The lowest BCUT2D eigenvalue weighted by Crippen LogP contribution is -2.14. The molecule has 244 valence electrons. The van der Waals surface area contributed by atoms with E-state index in [1.807, 2.05) is 0 Å². The van der Waals surface area contributed by atoms with Crippen LogP contribution in [0.4, 0.5) is 21.6 Å². The van der Waals surface area contributed by atoms with Crippen molar-refractivity contribution in [1.82, 2.24) is 9.97 Å². The van der Waals surface area contributed by atoms with Gasteiger partial charge in [0.2, 0.25) is 11.8 Å². The van der Waals surface area contributed by atoms with E-state index in [1.165, 1.54) is 60.9 Å². The molecule has 0 atom stereocenters. The number of hydrogen-bond acceptors (Lipinski definition) is 12. The van der Waals surface area contributed by atoms with Crippen LogP contribution >= 0.6 is 22.7 Å². The predicted octanol–water partition coefficient (Wildman–Crippen LogP) is 3.49. The number of carbonyl (C=O) groups excluding carboxylic acids is 2. The average molecular weight is 711 g/mol. The summed E-state index contributed by atoms with van der Waals surface area (Å²) in [6.07, 6.45) is 2.13. The molecular formula is C26H26N6O10S4. The fraction of sp³-hybridized carbons (Fsp3) is 0.154. The van der Waals surface area contributed by atoms with E-state index in [9.17, 15) is 36.0 Å². The monoisotopic (exact) mass is 710 g/mol. The van der Waals surface area contributed by atoms with E-state index < -0.39 is 43.8 Å². The van der Waals surface area contributed by atoms with Gasteiger partial charge in [0.05, 0.1) is 22.6 Å². The molecule has 2 aromatic heterocycles. The number of aromatic nitrogens is 2. The summed E-state index contributed by atoms with van der Waals surface area (Å²) >= 11 is 2.31. The van der Waals surface area contributed by atoms with Crippen LogP contribution in [0, 0.1) is 0 Å². The molecule has 0 spiro atoms. The molecule has 4 aromatic rings. The molecule has 0 aliphatic rings. The highest BCUT2D eigenvalue weighted by molar-refractivity contribution is 7.93. The second-order valence-electron chi connectivity index (χ2n) is 8.82. The summed E-state index contributed by atoms with van der Waals surface area (Å²) in [6.45, 7) is 0. The molecule has 0 radical (unpaired) electrons. The molecule has 2 heterocycles. The number of nitrogens with zero attached hydrogens (tertiary/aromatic N) is 2. The second kappa shape index (κ2) is 16.4. The lowest BCUT2D eigenvalue weighted by Gasteiger charge is -2.07. The Morgan fingerprint density at radius 1 is 0.587 bits per heavy atom. The van der Waals surface area contributed by atoms with Crippen LogP contribution in [0.25, 0.3) is 0 Å². The van der Waals surface area contributed by atoms with Gasteiger partial charge in [-0.25, -0.2) is 26.8 Å². The highest BCUT2D eigenvalue weighted by Gasteiger charge is 2.17. The van der Waals surface area contributed by atoms with Gasteiger partial charge >= 0.3 is 11.9 Å². The number of sulfonamides is 2. The van der Waals surface area contributed by atoms with Crippen molar-refractivity contribution in [2.45, 2.75) is 35.5 Å². The number of benzene rings is 2. The number of carbonyl (C=O) groups is 4. The molecule has 0 aliphatic heterocycles. The van der Waals surface area contributed by atoms with Crippen LogP contribution in [0.15, 0.2) is 81.5 Å². The molecule has 6 N–H and O–H groups in total. The summed E-state index contributed by atoms with van der Waals surface area (Å²) in [4.78, 5) is 51.5. The zero-order chi connectivity index (χ0) is 33.7. The zero-order valence-electron chi connectivity index (χ0n) is 23.4. The van der Waals surface area contributed by atoms with Crippen molar-refractivity contribution in [3.8, 4) is 0 Å². The minimum atomic E-state index is -3.74. The van der Waals surface area contributed by atoms with Crippen molar-refractivity contribution >= 4 is 88.1 Å². The first-order chi connectivity index (χ1) is 21.7. The van der Waals surface area contributed by atoms with Crippen LogP contribution in [0.1, 0.15) is 25.7 Å². The Morgan fingerprint density at radius 3 is 1.22 bits per heavy atom. The molecule has 0 aliphatic carbocycles. The predicted molar refractivity (Wildman–Crippen MR) is 170 cm³/mol. The van der Waals surface area contributed by atoms with E-state index in [0.29, 0.717) is 11.4 Å². The SMILES string of the molecule is O=C(O)CCC(=O)Nc1ccc(S(=O)(=O)Nc2nccs2)cc1.O=C(O)CCC(=O)Nc1ccc(S(=O)(=O)Nc2nccs2)cc1. The van der Waals surface area contributed by atoms with Gasteiger partial charge in [-0.15, -0.1) is 22.7 Å². The van der Waals surface area contributed by atoms with Crippen molar-refractivity contribution in [3.05, 3.63) is 71.7 Å². The van der Waals surface area contributed by atoms with Crippen LogP contribution in [-0.4, -0.2) is 60.8 Å². The number of carboxylic acids is 2. The molecule has 2 aromatic carbocycles. The number of carboxylic acid groups (broad SMARTS) is 2. The van der Waals surface area contributed by atoms with Crippen molar-refractivity contribution in [2.24, 2.45) is 0 Å². The van der Waals surface area contributed by atoms with Gasteiger partial charge in [-0.3, -0.25) is 28.6 Å². The summed E-state index contributed by atoms with van der Waals surface area (Å²) < 4.78 is 53.1. The molecule has 2 amide bonds. The van der Waals surface area contributed by atoms with Crippen LogP contribution in [0.2, 0.25) is 0 Å². The summed E-state index contributed by atoms with van der Waals surface area (Å²) in [5.41, 5.74) is 0.766. The summed E-state index contributed by atoms with van der Waals surface area (Å²) in [5, 5.41) is 25.8. The third-order valence-electron chi connectivity index (χ3n) is 5.34. The Kier molecular flexibility index (Phi) is 12.7. The third kappa shape index (κ3) is 11.9. The summed E-state index contributed by atoms with van der Waals surface area (Å²) in [6, 6.07) is 11.0. The van der Waals surface area contributed by atoms with Gasteiger partial charge in [-0.05, 0) is 48.5 Å². The van der Waals surface area contributed by atoms with E-state index in [0.717, 1.165) is 22.7 Å². The minimum absolute atomic E-state index is 0.0243. The highest BCUT2D eigenvalue weighted by atomic mass is 32.2. The molecule has 20 heteroatoms. The Balaban J connectivity index is 0.000000250. The molecule has 0 bridgehead atoms. The summed E-state index contributed by atoms with van der Waals surface area (Å²) in [7, 11) is -7.48. The Morgan fingerprint density at radius 2 is 0.935 bits per heavy atom. The van der Waals surface area contributed by atoms with E-state index in [4.69, 9.17) is 10.2 Å².